The highest BCUT2D eigenvalue weighted by molar-refractivity contribution is 7.13. The summed E-state index contributed by atoms with van der Waals surface area (Å²) >= 11 is 1.55. The molecular formula is C11H16N2OS. The molecule has 82 valence electrons. The monoisotopic (exact) mass is 224 g/mol. The molecule has 1 N–H and O–H groups in total. The number of hydrogen-bond acceptors (Lipinski definition) is 4. The zero-order valence-electron chi connectivity index (χ0n) is 8.95. The highest BCUT2D eigenvalue weighted by Crippen LogP contribution is 2.21. The van der Waals surface area contributed by atoms with Crippen LogP contribution < -0.4 is 5.32 Å². The van der Waals surface area contributed by atoms with E-state index in [1.807, 2.05) is 0 Å². The van der Waals surface area contributed by atoms with E-state index in [0.29, 0.717) is 0 Å². The predicted molar refractivity (Wildman–Crippen MR) is 61.4 cm³/mol. The number of aromatic nitrogens is 1. The molecule has 0 aromatic carbocycles. The fourth-order valence-corrected chi connectivity index (χ4v) is 2.83. The minimum absolute atomic E-state index is 0.129. The summed E-state index contributed by atoms with van der Waals surface area (Å²) in [6, 6.07) is 0. The summed E-state index contributed by atoms with van der Waals surface area (Å²) < 4.78 is 0. The van der Waals surface area contributed by atoms with Gasteiger partial charge in [-0.05, 0) is 31.8 Å². The molecule has 1 fully saturated rings. The average molecular weight is 224 g/mol. The van der Waals surface area contributed by atoms with Crippen LogP contribution in [0.25, 0.3) is 0 Å². The van der Waals surface area contributed by atoms with Gasteiger partial charge in [-0.1, -0.05) is 0 Å². The van der Waals surface area contributed by atoms with Crippen LogP contribution in [-0.4, -0.2) is 23.9 Å². The van der Waals surface area contributed by atoms with Crippen molar-refractivity contribution in [3.05, 3.63) is 16.1 Å². The highest BCUT2D eigenvalue weighted by atomic mass is 32.1. The van der Waals surface area contributed by atoms with E-state index in [4.69, 9.17) is 0 Å². The minimum atomic E-state index is 0.129. The molecular weight excluding hydrogens is 208 g/mol. The first-order valence-electron chi connectivity index (χ1n) is 5.42. The molecule has 0 spiro atoms. The second kappa shape index (κ2) is 4.86. The summed E-state index contributed by atoms with van der Waals surface area (Å²) in [5.41, 5.74) is 0. The standard InChI is InChI=1S/C11H16N2OS/c1-8(14)10-7-13-11(15-10)6-9-2-4-12-5-3-9/h7,9,12H,2-6H2,1H3. The molecule has 15 heavy (non-hydrogen) atoms. The smallest absolute Gasteiger partial charge is 0.171 e. The van der Waals surface area contributed by atoms with Gasteiger partial charge in [0.15, 0.2) is 5.78 Å². The molecule has 0 bridgehead atoms. The van der Waals surface area contributed by atoms with Crippen molar-refractivity contribution in [1.29, 1.82) is 0 Å². The van der Waals surface area contributed by atoms with Gasteiger partial charge < -0.3 is 5.32 Å². The molecule has 3 nitrogen and oxygen atoms in total. The van der Waals surface area contributed by atoms with Crippen LogP contribution in [0.15, 0.2) is 6.20 Å². The molecule has 0 unspecified atom stereocenters. The largest absolute Gasteiger partial charge is 0.317 e. The molecule has 0 aliphatic carbocycles. The number of carbonyl (C=O) groups is 1. The van der Waals surface area contributed by atoms with Crippen LogP contribution in [0, 0.1) is 5.92 Å². The molecule has 4 heteroatoms. The Morgan fingerprint density at radius 2 is 2.33 bits per heavy atom. The van der Waals surface area contributed by atoms with Crippen LogP contribution >= 0.6 is 11.3 Å². The molecule has 1 aliphatic heterocycles. The minimum Gasteiger partial charge on any atom is -0.317 e. The molecule has 1 aliphatic rings. The van der Waals surface area contributed by atoms with Gasteiger partial charge in [-0.2, -0.15) is 0 Å². The van der Waals surface area contributed by atoms with Gasteiger partial charge in [0.25, 0.3) is 0 Å². The molecule has 0 radical (unpaired) electrons. The third kappa shape index (κ3) is 2.86. The second-order valence-electron chi connectivity index (χ2n) is 4.07. The maximum atomic E-state index is 11.1. The molecule has 1 aromatic heterocycles. The summed E-state index contributed by atoms with van der Waals surface area (Å²) in [7, 11) is 0. The fourth-order valence-electron chi connectivity index (χ4n) is 1.90. The van der Waals surface area contributed by atoms with E-state index in [9.17, 15) is 4.79 Å². The Morgan fingerprint density at radius 3 is 2.93 bits per heavy atom. The van der Waals surface area contributed by atoms with Gasteiger partial charge in [0.05, 0.1) is 9.88 Å². The van der Waals surface area contributed by atoms with E-state index >= 15 is 0 Å². The number of carbonyl (C=O) groups excluding carboxylic acids is 1. The van der Waals surface area contributed by atoms with Crippen molar-refractivity contribution in [1.82, 2.24) is 10.3 Å². The highest BCUT2D eigenvalue weighted by Gasteiger charge is 2.15. The van der Waals surface area contributed by atoms with E-state index in [1.165, 1.54) is 12.8 Å². The zero-order valence-corrected chi connectivity index (χ0v) is 9.77. The lowest BCUT2D eigenvalue weighted by Crippen LogP contribution is -2.28. The van der Waals surface area contributed by atoms with Crippen molar-refractivity contribution in [3.8, 4) is 0 Å². The molecule has 1 aromatic rings. The van der Waals surface area contributed by atoms with Crippen LogP contribution in [0.3, 0.4) is 0 Å². The summed E-state index contributed by atoms with van der Waals surface area (Å²) in [5.74, 6) is 0.876. The number of rotatable bonds is 3. The Labute approximate surface area is 93.9 Å². The van der Waals surface area contributed by atoms with Crippen molar-refractivity contribution in [3.63, 3.8) is 0 Å². The Bertz CT molecular complexity index is 342. The second-order valence-corrected chi connectivity index (χ2v) is 5.19. The molecule has 2 rings (SSSR count). The number of piperidine rings is 1. The number of nitrogens with one attached hydrogen (secondary N) is 1. The summed E-state index contributed by atoms with van der Waals surface area (Å²) in [5, 5.41) is 4.47. The zero-order chi connectivity index (χ0) is 10.7. The third-order valence-corrected chi connectivity index (χ3v) is 3.94. The molecule has 0 amide bonds. The fraction of sp³-hybridized carbons (Fsp3) is 0.636. The Morgan fingerprint density at radius 1 is 1.60 bits per heavy atom. The molecule has 2 heterocycles. The summed E-state index contributed by atoms with van der Waals surface area (Å²) in [6.45, 7) is 3.84. The van der Waals surface area contributed by atoms with Gasteiger partial charge in [0, 0.05) is 19.5 Å². The Kier molecular flexibility index (Phi) is 3.49. The Hall–Kier alpha value is -0.740. The predicted octanol–water partition coefficient (Wildman–Crippen LogP) is 1.89. The normalized spacial score (nSPS) is 17.9. The first-order chi connectivity index (χ1) is 7.25. The van der Waals surface area contributed by atoms with Crippen LogP contribution in [0.4, 0.5) is 0 Å². The number of thiazole rings is 1. The van der Waals surface area contributed by atoms with Crippen molar-refractivity contribution in [2.75, 3.05) is 13.1 Å². The van der Waals surface area contributed by atoms with E-state index in [0.717, 1.165) is 35.3 Å². The topological polar surface area (TPSA) is 42.0 Å². The van der Waals surface area contributed by atoms with Gasteiger partial charge in [-0.3, -0.25) is 4.79 Å². The number of ketones is 1. The van der Waals surface area contributed by atoms with Crippen molar-refractivity contribution in [2.24, 2.45) is 5.92 Å². The summed E-state index contributed by atoms with van der Waals surface area (Å²) in [4.78, 5) is 16.2. The maximum Gasteiger partial charge on any atom is 0.171 e. The summed E-state index contributed by atoms with van der Waals surface area (Å²) in [6.07, 6.45) is 5.22. The number of nitrogens with zero attached hydrogens (tertiary/aromatic N) is 1. The van der Waals surface area contributed by atoms with E-state index in [-0.39, 0.29) is 5.78 Å². The first kappa shape index (κ1) is 10.8. The lowest BCUT2D eigenvalue weighted by atomic mass is 9.95. The first-order valence-corrected chi connectivity index (χ1v) is 6.23. The van der Waals surface area contributed by atoms with Gasteiger partial charge in [-0.25, -0.2) is 4.98 Å². The van der Waals surface area contributed by atoms with Crippen LogP contribution in [0.2, 0.25) is 0 Å². The number of Topliss-reactive ketones (excluding diaryl/α,β-unsaturated/α-hetero) is 1. The SMILES string of the molecule is CC(=O)c1cnc(CC2CCNCC2)s1. The number of hydrogen-bond donors (Lipinski definition) is 1. The lowest BCUT2D eigenvalue weighted by molar-refractivity contribution is 0.102. The quantitative estimate of drug-likeness (QED) is 0.797. The van der Waals surface area contributed by atoms with E-state index in [2.05, 4.69) is 10.3 Å². The average Bonchev–Trinajstić information content (AvgIpc) is 2.68. The van der Waals surface area contributed by atoms with Crippen molar-refractivity contribution in [2.45, 2.75) is 26.2 Å². The Balaban J connectivity index is 1.94. The molecule has 0 atom stereocenters. The van der Waals surface area contributed by atoms with Crippen LogP contribution in [0.5, 0.6) is 0 Å². The van der Waals surface area contributed by atoms with E-state index in [1.54, 1.807) is 24.5 Å². The lowest BCUT2D eigenvalue weighted by Gasteiger charge is -2.21. The van der Waals surface area contributed by atoms with Crippen LogP contribution in [0.1, 0.15) is 34.4 Å². The molecule has 1 saturated heterocycles. The van der Waals surface area contributed by atoms with Gasteiger partial charge in [0.1, 0.15) is 0 Å². The van der Waals surface area contributed by atoms with Crippen molar-refractivity contribution >= 4 is 17.1 Å². The van der Waals surface area contributed by atoms with Crippen LogP contribution in [-0.2, 0) is 6.42 Å². The van der Waals surface area contributed by atoms with Gasteiger partial charge >= 0.3 is 0 Å². The van der Waals surface area contributed by atoms with E-state index < -0.39 is 0 Å². The molecule has 0 saturated carbocycles. The van der Waals surface area contributed by atoms with Gasteiger partial charge in [0.2, 0.25) is 0 Å². The van der Waals surface area contributed by atoms with Gasteiger partial charge in [-0.15, -0.1) is 11.3 Å². The maximum absolute atomic E-state index is 11.1. The third-order valence-electron chi connectivity index (χ3n) is 2.82. The van der Waals surface area contributed by atoms with Crippen molar-refractivity contribution < 1.29 is 4.79 Å².